The molecule has 1 aliphatic carbocycles. The van der Waals surface area contributed by atoms with E-state index in [1.807, 2.05) is 6.07 Å². The topological polar surface area (TPSA) is 0 Å². The van der Waals surface area contributed by atoms with E-state index in [2.05, 4.69) is 6.92 Å². The number of halogens is 3. The highest BCUT2D eigenvalue weighted by Gasteiger charge is 2.26. The predicted octanol–water partition coefficient (Wildman–Crippen LogP) is 9.26. The molecule has 0 amide bonds. The van der Waals surface area contributed by atoms with Crippen LogP contribution in [0.5, 0.6) is 0 Å². The molecule has 0 N–H and O–H groups in total. The number of hydrogen-bond donors (Lipinski definition) is 0. The first kappa shape index (κ1) is 24.6. The molecule has 0 unspecified atom stereocenters. The monoisotopic (exact) mass is 472 g/mol. The zero-order valence-corrected chi connectivity index (χ0v) is 21.3. The Morgan fingerprint density at radius 1 is 0.758 bits per heavy atom. The molecule has 0 aromatic heterocycles. The van der Waals surface area contributed by atoms with E-state index >= 15 is 0 Å². The molecule has 0 nitrogen and oxygen atoms in total. The zero-order valence-electron chi connectivity index (χ0n) is 20.1. The minimum atomic E-state index is -0.944. The Kier molecular flexibility index (Phi) is 8.73. The lowest BCUT2D eigenvalue weighted by molar-refractivity contribution is 0.280. The smallest absolute Gasteiger partial charge is 0.159 e. The molecule has 0 atom stereocenters. The lowest BCUT2D eigenvalue weighted by atomic mass is 9.76. The Hall–Kier alpha value is -1.55. The number of hydrogen-bond acceptors (Lipinski definition) is 0. The van der Waals surface area contributed by atoms with Gasteiger partial charge in [-0.2, -0.15) is 0 Å². The summed E-state index contributed by atoms with van der Waals surface area (Å²) in [7, 11) is -0.384. The van der Waals surface area contributed by atoms with Crippen LogP contribution in [0.2, 0.25) is 18.1 Å². The second kappa shape index (κ2) is 11.7. The Morgan fingerprint density at radius 3 is 2.09 bits per heavy atom. The van der Waals surface area contributed by atoms with E-state index in [9.17, 15) is 13.2 Å². The summed E-state index contributed by atoms with van der Waals surface area (Å²) >= 11 is 0. The lowest BCUT2D eigenvalue weighted by Crippen LogP contribution is -2.22. The molecule has 2 aliphatic rings. The molecule has 4 rings (SSSR count). The van der Waals surface area contributed by atoms with Crippen molar-refractivity contribution in [1.29, 1.82) is 0 Å². The highest BCUT2D eigenvalue weighted by Crippen LogP contribution is 2.40. The van der Waals surface area contributed by atoms with Crippen molar-refractivity contribution >= 4 is 8.80 Å². The molecule has 4 heteroatoms. The van der Waals surface area contributed by atoms with Crippen LogP contribution < -0.4 is 0 Å². The summed E-state index contributed by atoms with van der Waals surface area (Å²) in [6.07, 6.45) is 13.4. The molecule has 1 saturated carbocycles. The normalized spacial score (nSPS) is 25.8. The van der Waals surface area contributed by atoms with Gasteiger partial charge in [-0.3, -0.25) is 0 Å². The van der Waals surface area contributed by atoms with Crippen LogP contribution in [0, 0.1) is 29.3 Å². The molecule has 0 radical (unpaired) electrons. The van der Waals surface area contributed by atoms with Crippen molar-refractivity contribution in [3.8, 4) is 11.1 Å². The number of rotatable bonds is 8. The summed E-state index contributed by atoms with van der Waals surface area (Å²) < 4.78 is 41.6. The molecule has 0 bridgehead atoms. The SMILES string of the molecule is CCCC[SiH]1CCC(CCC2CCC(c3ccc(-c4ccc(F)c(F)c4)c(F)c3)CC2)CC1. The van der Waals surface area contributed by atoms with Crippen molar-refractivity contribution < 1.29 is 13.2 Å². The molecule has 2 fully saturated rings. The van der Waals surface area contributed by atoms with Gasteiger partial charge in [-0.25, -0.2) is 13.2 Å². The minimum Gasteiger partial charge on any atom is -0.206 e. The second-order valence-electron chi connectivity index (χ2n) is 10.7. The van der Waals surface area contributed by atoms with Crippen molar-refractivity contribution in [2.45, 2.75) is 95.2 Å². The molecule has 1 saturated heterocycles. The van der Waals surface area contributed by atoms with Gasteiger partial charge < -0.3 is 0 Å². The molecule has 2 aromatic carbocycles. The van der Waals surface area contributed by atoms with Crippen LogP contribution in [0.3, 0.4) is 0 Å². The van der Waals surface area contributed by atoms with Crippen molar-refractivity contribution in [2.75, 3.05) is 0 Å². The van der Waals surface area contributed by atoms with E-state index in [0.717, 1.165) is 42.4 Å². The maximum atomic E-state index is 14.8. The third-order valence-corrected chi connectivity index (χ3v) is 12.0. The average molecular weight is 473 g/mol. The number of benzene rings is 2. The van der Waals surface area contributed by atoms with Crippen LogP contribution in [0.4, 0.5) is 13.2 Å². The highest BCUT2D eigenvalue weighted by atomic mass is 28.3. The van der Waals surface area contributed by atoms with Gasteiger partial charge in [0.25, 0.3) is 0 Å². The van der Waals surface area contributed by atoms with Crippen LogP contribution in [-0.2, 0) is 0 Å². The molecule has 1 aliphatic heterocycles. The maximum absolute atomic E-state index is 14.8. The Morgan fingerprint density at radius 2 is 1.45 bits per heavy atom. The molecule has 2 aromatic rings. The van der Waals surface area contributed by atoms with E-state index in [1.165, 1.54) is 57.4 Å². The highest BCUT2D eigenvalue weighted by molar-refractivity contribution is 6.58. The Balaban J connectivity index is 1.24. The summed E-state index contributed by atoms with van der Waals surface area (Å²) in [6, 6.07) is 13.6. The molecule has 180 valence electrons. The third-order valence-electron chi connectivity index (χ3n) is 8.46. The fourth-order valence-corrected chi connectivity index (χ4v) is 9.98. The lowest BCUT2D eigenvalue weighted by Gasteiger charge is -2.32. The van der Waals surface area contributed by atoms with E-state index in [1.54, 1.807) is 30.3 Å². The summed E-state index contributed by atoms with van der Waals surface area (Å²) in [5.74, 6) is 0.0251. The van der Waals surface area contributed by atoms with Gasteiger partial charge in [0, 0.05) is 14.4 Å². The maximum Gasteiger partial charge on any atom is 0.159 e. The first-order valence-corrected chi connectivity index (χ1v) is 15.7. The quantitative estimate of drug-likeness (QED) is 0.336. The van der Waals surface area contributed by atoms with E-state index in [0.29, 0.717) is 17.0 Å². The van der Waals surface area contributed by atoms with Gasteiger partial charge in [0.1, 0.15) is 5.82 Å². The van der Waals surface area contributed by atoms with Crippen molar-refractivity contribution in [3.05, 3.63) is 59.4 Å². The molecule has 1 heterocycles. The first-order valence-electron chi connectivity index (χ1n) is 13.3. The van der Waals surface area contributed by atoms with E-state index in [-0.39, 0.29) is 14.6 Å². The summed E-state index contributed by atoms with van der Waals surface area (Å²) in [5, 5.41) is 0. The number of unbranched alkanes of at least 4 members (excludes halogenated alkanes) is 1. The standard InChI is InChI=1S/C29H39F3Si/c1-2-3-16-33-17-14-22(15-18-33)5-4-21-6-8-23(9-7-21)24-10-12-26(28(31)19-24)25-11-13-27(30)29(32)20-25/h10-13,19-23,33H,2-9,14-18H2,1H3. The van der Waals surface area contributed by atoms with Crippen molar-refractivity contribution in [3.63, 3.8) is 0 Å². The van der Waals surface area contributed by atoms with Gasteiger partial charge in [0.15, 0.2) is 11.6 Å². The fraction of sp³-hybridized carbons (Fsp3) is 0.586. The van der Waals surface area contributed by atoms with Crippen LogP contribution in [0.1, 0.15) is 82.6 Å². The van der Waals surface area contributed by atoms with Crippen LogP contribution in [0.15, 0.2) is 36.4 Å². The van der Waals surface area contributed by atoms with Gasteiger partial charge in [-0.05, 0) is 72.8 Å². The van der Waals surface area contributed by atoms with Crippen LogP contribution >= 0.6 is 0 Å². The third kappa shape index (κ3) is 6.53. The summed E-state index contributed by atoms with van der Waals surface area (Å²) in [6.45, 7) is 2.32. The fourth-order valence-electron chi connectivity index (χ4n) is 6.24. The van der Waals surface area contributed by atoms with Gasteiger partial charge in [0.05, 0.1) is 0 Å². The van der Waals surface area contributed by atoms with Gasteiger partial charge in [-0.1, -0.05) is 81.8 Å². The molecule has 33 heavy (non-hydrogen) atoms. The second-order valence-corrected chi connectivity index (χ2v) is 14.2. The van der Waals surface area contributed by atoms with E-state index < -0.39 is 11.6 Å². The predicted molar refractivity (Wildman–Crippen MR) is 135 cm³/mol. The Bertz CT molecular complexity index is 896. The first-order chi connectivity index (χ1) is 16.0. The van der Waals surface area contributed by atoms with Crippen molar-refractivity contribution in [1.82, 2.24) is 0 Å². The molecular formula is C29H39F3Si. The molecule has 0 spiro atoms. The van der Waals surface area contributed by atoms with Crippen LogP contribution in [0.25, 0.3) is 11.1 Å². The average Bonchev–Trinajstić information content (AvgIpc) is 2.84. The Labute approximate surface area is 199 Å². The van der Waals surface area contributed by atoms with Crippen LogP contribution in [-0.4, -0.2) is 8.80 Å². The van der Waals surface area contributed by atoms with Gasteiger partial charge in [-0.15, -0.1) is 0 Å². The largest absolute Gasteiger partial charge is 0.206 e. The zero-order chi connectivity index (χ0) is 23.2. The summed E-state index contributed by atoms with van der Waals surface area (Å²) in [5.41, 5.74) is 1.76. The van der Waals surface area contributed by atoms with E-state index in [4.69, 9.17) is 0 Å². The molecular weight excluding hydrogens is 433 g/mol. The summed E-state index contributed by atoms with van der Waals surface area (Å²) in [4.78, 5) is 0. The van der Waals surface area contributed by atoms with Crippen molar-refractivity contribution in [2.24, 2.45) is 11.8 Å². The van der Waals surface area contributed by atoms with Gasteiger partial charge >= 0.3 is 0 Å². The van der Waals surface area contributed by atoms with Gasteiger partial charge in [0.2, 0.25) is 0 Å². The minimum absolute atomic E-state index is 0.332.